The van der Waals surface area contributed by atoms with Crippen LogP contribution in [0, 0.1) is 17.7 Å². The van der Waals surface area contributed by atoms with Crippen LogP contribution in [0.15, 0.2) is 18.2 Å². The van der Waals surface area contributed by atoms with Crippen LogP contribution in [-0.2, 0) is 11.8 Å². The van der Waals surface area contributed by atoms with Gasteiger partial charge in [-0.05, 0) is 42.9 Å². The van der Waals surface area contributed by atoms with Gasteiger partial charge in [-0.25, -0.2) is 4.39 Å². The number of nitrogens with two attached hydrogens (primary N) is 1. The van der Waals surface area contributed by atoms with Gasteiger partial charge in [0, 0.05) is 31.6 Å². The topological polar surface area (TPSA) is 102 Å². The van der Waals surface area contributed by atoms with E-state index in [1.807, 2.05) is 0 Å². The molecule has 28 heavy (non-hydrogen) atoms. The van der Waals surface area contributed by atoms with Crippen molar-refractivity contribution in [2.24, 2.45) is 18.9 Å². The second kappa shape index (κ2) is 7.09. The molecule has 3 atom stereocenters. The van der Waals surface area contributed by atoms with Crippen LogP contribution in [0.1, 0.15) is 41.2 Å². The number of nitrogens with one attached hydrogen (secondary N) is 2. The number of nitrogen functional groups attached to an aromatic ring is 1. The van der Waals surface area contributed by atoms with Crippen LogP contribution < -0.4 is 16.4 Å². The lowest BCUT2D eigenvalue weighted by Crippen LogP contribution is -2.38. The molecule has 0 radical (unpaired) electrons. The van der Waals surface area contributed by atoms with Crippen LogP contribution in [0.2, 0.25) is 5.02 Å². The molecule has 9 heteroatoms. The highest BCUT2D eigenvalue weighted by Crippen LogP contribution is 2.46. The number of aromatic nitrogens is 2. The minimum absolute atomic E-state index is 0.0590. The number of anilines is 2. The minimum atomic E-state index is -0.557. The quantitative estimate of drug-likeness (QED) is 0.730. The molecule has 3 unspecified atom stereocenters. The van der Waals surface area contributed by atoms with E-state index in [0.29, 0.717) is 41.7 Å². The number of nitrogens with zero attached hydrogens (tertiary/aromatic N) is 2. The number of amides is 2. The Bertz CT molecular complexity index is 960. The molecular weight excluding hydrogens is 385 g/mol. The molecule has 1 aliphatic carbocycles. The molecule has 2 fully saturated rings. The van der Waals surface area contributed by atoms with Crippen molar-refractivity contribution in [3.63, 3.8) is 0 Å². The smallest absolute Gasteiger partial charge is 0.261 e. The first-order valence-corrected chi connectivity index (χ1v) is 9.56. The fourth-order valence-electron chi connectivity index (χ4n) is 4.33. The first-order valence-electron chi connectivity index (χ1n) is 9.19. The van der Waals surface area contributed by atoms with Crippen molar-refractivity contribution in [2.45, 2.75) is 25.2 Å². The second-order valence-electron chi connectivity index (χ2n) is 7.55. The number of rotatable bonds is 3. The Labute approximate surface area is 166 Å². The van der Waals surface area contributed by atoms with E-state index in [9.17, 15) is 14.0 Å². The normalized spacial score (nSPS) is 24.0. The average molecular weight is 406 g/mol. The van der Waals surface area contributed by atoms with E-state index < -0.39 is 11.7 Å². The van der Waals surface area contributed by atoms with Gasteiger partial charge in [-0.3, -0.25) is 14.3 Å². The minimum Gasteiger partial charge on any atom is -0.383 e. The summed E-state index contributed by atoms with van der Waals surface area (Å²) in [7, 11) is 1.69. The molecule has 4 N–H and O–H groups in total. The summed E-state index contributed by atoms with van der Waals surface area (Å²) in [5.41, 5.74) is 7.48. The molecule has 1 saturated carbocycles. The van der Waals surface area contributed by atoms with Gasteiger partial charge in [-0.15, -0.1) is 0 Å². The number of hydrogen-bond donors (Lipinski definition) is 3. The van der Waals surface area contributed by atoms with Crippen LogP contribution in [0.4, 0.5) is 15.9 Å². The lowest BCUT2D eigenvalue weighted by atomic mass is 9.89. The Kier molecular flexibility index (Phi) is 4.74. The fraction of sp³-hybridized carbons (Fsp3) is 0.421. The van der Waals surface area contributed by atoms with Crippen LogP contribution >= 0.6 is 11.6 Å². The highest BCUT2D eigenvalue weighted by molar-refractivity contribution is 6.31. The molecule has 0 bridgehead atoms. The average Bonchev–Trinajstić information content (AvgIpc) is 3.19. The molecule has 0 spiro atoms. The van der Waals surface area contributed by atoms with E-state index in [1.54, 1.807) is 7.05 Å². The standard InChI is InChI=1S/C19H21ClFN5O2/c1-26-18(22)16(19(28)24-12-2-3-14(21)13(20)7-12)17(25-26)10-4-9-6-15(27)23-8-11(9)5-10/h2-3,7,9-11H,4-6,8,22H2,1H3,(H,23,27)(H,24,28). The van der Waals surface area contributed by atoms with Crippen molar-refractivity contribution < 1.29 is 14.0 Å². The lowest BCUT2D eigenvalue weighted by molar-refractivity contribution is -0.124. The molecule has 1 aromatic carbocycles. The van der Waals surface area contributed by atoms with Gasteiger partial charge in [-0.2, -0.15) is 5.10 Å². The van der Waals surface area contributed by atoms with E-state index in [0.717, 1.165) is 12.8 Å². The zero-order valence-electron chi connectivity index (χ0n) is 15.3. The molecule has 1 saturated heterocycles. The first-order chi connectivity index (χ1) is 13.3. The van der Waals surface area contributed by atoms with Crippen LogP contribution in [-0.4, -0.2) is 28.1 Å². The van der Waals surface area contributed by atoms with Crippen molar-refractivity contribution >= 4 is 34.9 Å². The Morgan fingerprint density at radius 2 is 2.14 bits per heavy atom. The predicted molar refractivity (Wildman–Crippen MR) is 104 cm³/mol. The molecule has 2 amide bonds. The summed E-state index contributed by atoms with van der Waals surface area (Å²) in [4.78, 5) is 24.6. The summed E-state index contributed by atoms with van der Waals surface area (Å²) in [5.74, 6) is 0.124. The lowest BCUT2D eigenvalue weighted by Gasteiger charge is -2.24. The molecule has 2 heterocycles. The Balaban J connectivity index is 1.60. The molecule has 7 nitrogen and oxygen atoms in total. The highest BCUT2D eigenvalue weighted by atomic mass is 35.5. The monoisotopic (exact) mass is 405 g/mol. The van der Waals surface area contributed by atoms with Crippen molar-refractivity contribution in [1.29, 1.82) is 0 Å². The van der Waals surface area contributed by atoms with Crippen LogP contribution in [0.5, 0.6) is 0 Å². The summed E-state index contributed by atoms with van der Waals surface area (Å²) in [5, 5.41) is 10.1. The third-order valence-electron chi connectivity index (χ3n) is 5.76. The van der Waals surface area contributed by atoms with Gasteiger partial charge in [0.25, 0.3) is 5.91 Å². The Hall–Kier alpha value is -2.61. The number of carbonyl (C=O) groups is 2. The summed E-state index contributed by atoms with van der Waals surface area (Å²) < 4.78 is 14.9. The molecule has 2 aromatic rings. The zero-order valence-corrected chi connectivity index (χ0v) is 16.1. The SMILES string of the molecule is Cn1nc(C2CC3CNC(=O)CC3C2)c(C(=O)Nc2ccc(F)c(Cl)c2)c1N. The summed E-state index contributed by atoms with van der Waals surface area (Å²) in [6.07, 6.45) is 2.17. The largest absolute Gasteiger partial charge is 0.383 e. The van der Waals surface area contributed by atoms with Gasteiger partial charge in [0.1, 0.15) is 17.2 Å². The number of hydrogen-bond acceptors (Lipinski definition) is 4. The van der Waals surface area contributed by atoms with E-state index in [4.69, 9.17) is 17.3 Å². The van der Waals surface area contributed by atoms with Gasteiger partial charge in [0.05, 0.1) is 10.7 Å². The number of carbonyl (C=O) groups excluding carboxylic acids is 2. The number of aryl methyl sites for hydroxylation is 1. The second-order valence-corrected chi connectivity index (χ2v) is 7.96. The number of fused-ring (bicyclic) bond motifs is 1. The predicted octanol–water partition coefficient (Wildman–Crippen LogP) is 2.68. The maximum Gasteiger partial charge on any atom is 0.261 e. The third-order valence-corrected chi connectivity index (χ3v) is 6.05. The first kappa shape index (κ1) is 18.7. The Morgan fingerprint density at radius 3 is 2.89 bits per heavy atom. The molecule has 2 aliphatic rings. The van der Waals surface area contributed by atoms with Gasteiger partial charge in [0.2, 0.25) is 5.91 Å². The summed E-state index contributed by atoms with van der Waals surface area (Å²) >= 11 is 5.79. The van der Waals surface area contributed by atoms with Gasteiger partial charge in [0.15, 0.2) is 0 Å². The van der Waals surface area contributed by atoms with Gasteiger partial charge in [-0.1, -0.05) is 11.6 Å². The number of piperidine rings is 1. The molecule has 1 aromatic heterocycles. The Morgan fingerprint density at radius 1 is 1.39 bits per heavy atom. The van der Waals surface area contributed by atoms with Crippen molar-refractivity contribution in [3.8, 4) is 0 Å². The number of halogens is 2. The molecule has 1 aliphatic heterocycles. The summed E-state index contributed by atoms with van der Waals surface area (Å²) in [6.45, 7) is 0.665. The maximum atomic E-state index is 13.4. The molecular formula is C19H21ClFN5O2. The van der Waals surface area contributed by atoms with Crippen molar-refractivity contribution in [1.82, 2.24) is 15.1 Å². The van der Waals surface area contributed by atoms with Crippen molar-refractivity contribution in [3.05, 3.63) is 40.3 Å². The number of benzene rings is 1. The van der Waals surface area contributed by atoms with E-state index in [-0.39, 0.29) is 22.7 Å². The van der Waals surface area contributed by atoms with E-state index in [2.05, 4.69) is 15.7 Å². The third kappa shape index (κ3) is 3.32. The van der Waals surface area contributed by atoms with Gasteiger partial charge >= 0.3 is 0 Å². The van der Waals surface area contributed by atoms with Crippen LogP contribution in [0.25, 0.3) is 0 Å². The fourth-order valence-corrected chi connectivity index (χ4v) is 4.52. The molecule has 4 rings (SSSR count). The van der Waals surface area contributed by atoms with E-state index in [1.165, 1.54) is 22.9 Å². The highest BCUT2D eigenvalue weighted by Gasteiger charge is 2.41. The zero-order chi connectivity index (χ0) is 20.0. The van der Waals surface area contributed by atoms with Gasteiger partial charge < -0.3 is 16.4 Å². The summed E-state index contributed by atoms with van der Waals surface area (Å²) in [6, 6.07) is 3.98. The van der Waals surface area contributed by atoms with Crippen molar-refractivity contribution in [2.75, 3.05) is 17.6 Å². The van der Waals surface area contributed by atoms with Crippen LogP contribution in [0.3, 0.4) is 0 Å². The molecule has 148 valence electrons. The maximum absolute atomic E-state index is 13.4. The van der Waals surface area contributed by atoms with E-state index >= 15 is 0 Å².